The molecule has 47 valence electrons. The Bertz CT molecular complexity index is 27.7. The maximum atomic E-state index is 8.29. The monoisotopic (exact) mass is 113 g/mol. The van der Waals surface area contributed by atoms with Crippen LogP contribution in [0.15, 0.2) is 0 Å². The van der Waals surface area contributed by atoms with Gasteiger partial charge in [0.05, 0.1) is 0 Å². The molecule has 0 aromatic heterocycles. The number of hydrogen-bond donors (Lipinski definition) is 1. The number of aliphatic hydroxyl groups excluding tert-OH is 1. The second-order valence-electron chi connectivity index (χ2n) is 1.78. The fraction of sp³-hybridized carbons (Fsp3) is 1.00. The van der Waals surface area contributed by atoms with Crippen LogP contribution in [-0.4, -0.2) is 20.1 Å². The summed E-state index contributed by atoms with van der Waals surface area (Å²) in [5.41, 5.74) is 0. The molecule has 0 saturated heterocycles. The Morgan fingerprint density at radius 3 is 2.12 bits per heavy atom. The molecule has 1 N–H and O–H groups in total. The van der Waals surface area contributed by atoms with E-state index in [0.717, 1.165) is 6.42 Å². The minimum atomic E-state index is 0. The first-order chi connectivity index (χ1) is 3.41. The maximum Gasteiger partial charge on any atom is 0.0431 e. The number of unbranched alkanes of at least 4 members (excludes halogenated alkanes) is 3. The van der Waals surface area contributed by atoms with Crippen LogP contribution in [0.3, 0.4) is 0 Å². The van der Waals surface area contributed by atoms with Crippen molar-refractivity contribution in [3.8, 4) is 0 Å². The molecule has 0 aliphatic carbocycles. The molecule has 0 aromatic carbocycles. The predicted molar refractivity (Wildman–Crippen MR) is 37.0 cm³/mol. The molecule has 8 heavy (non-hydrogen) atoms. The second kappa shape index (κ2) is 10.1. The summed E-state index contributed by atoms with van der Waals surface area (Å²) in [6, 6.07) is 0. The first-order valence-corrected chi connectivity index (χ1v) is 3.02. The van der Waals surface area contributed by atoms with Crippen LogP contribution < -0.4 is 0 Å². The molecule has 1 nitrogen and oxygen atoms in total. The first kappa shape index (κ1) is 10.9. The zero-order chi connectivity index (χ0) is 5.54. The van der Waals surface area contributed by atoms with Gasteiger partial charge in [0.25, 0.3) is 0 Å². The third kappa shape index (κ3) is 9.39. The van der Waals surface area contributed by atoms with Gasteiger partial charge < -0.3 is 5.11 Å². The second-order valence-corrected chi connectivity index (χ2v) is 1.78. The average Bonchev–Trinajstić information content (AvgIpc) is 1.69. The summed E-state index contributed by atoms with van der Waals surface area (Å²) in [5.74, 6) is 0. The van der Waals surface area contributed by atoms with Crippen LogP contribution in [0.4, 0.5) is 0 Å². The van der Waals surface area contributed by atoms with E-state index < -0.39 is 0 Å². The number of rotatable bonds is 4. The fourth-order valence-corrected chi connectivity index (χ4v) is 0.539. The van der Waals surface area contributed by atoms with Crippen LogP contribution in [-0.2, 0) is 0 Å². The summed E-state index contributed by atoms with van der Waals surface area (Å²) >= 11 is 0. The van der Waals surface area contributed by atoms with Crippen molar-refractivity contribution in [3.63, 3.8) is 0 Å². The lowest BCUT2D eigenvalue weighted by molar-refractivity contribution is 0.283. The van der Waals surface area contributed by atoms with Crippen molar-refractivity contribution < 1.29 is 5.11 Å². The zero-order valence-electron chi connectivity index (χ0n) is 5.56. The molecule has 3 radical (unpaired) electrons. The van der Waals surface area contributed by atoms with Crippen LogP contribution in [0.5, 0.6) is 0 Å². The van der Waals surface area contributed by atoms with E-state index in [1.165, 1.54) is 19.3 Å². The van der Waals surface area contributed by atoms with Gasteiger partial charge in [-0.3, -0.25) is 0 Å². The molecule has 0 fully saturated rings. The van der Waals surface area contributed by atoms with Gasteiger partial charge >= 0.3 is 0 Å². The minimum absolute atomic E-state index is 0. The van der Waals surface area contributed by atoms with Crippen LogP contribution >= 0.6 is 0 Å². The Labute approximate surface area is 53.7 Å². The molecule has 0 bridgehead atoms. The molecule has 0 amide bonds. The van der Waals surface area contributed by atoms with E-state index in [4.69, 9.17) is 5.11 Å². The largest absolute Gasteiger partial charge is 0.396 e. The van der Waals surface area contributed by atoms with E-state index in [9.17, 15) is 0 Å². The third-order valence-electron chi connectivity index (χ3n) is 1.01. The highest BCUT2D eigenvalue weighted by Crippen LogP contribution is 1.95. The Morgan fingerprint density at radius 2 is 1.75 bits per heavy atom. The summed E-state index contributed by atoms with van der Waals surface area (Å²) in [6.45, 7) is 2.53. The van der Waals surface area contributed by atoms with Crippen LogP contribution in [0, 0.1) is 0 Å². The molecule has 0 heterocycles. The fourth-order valence-electron chi connectivity index (χ4n) is 0.539. The summed E-state index contributed by atoms with van der Waals surface area (Å²) in [7, 11) is 0. The predicted octanol–water partition coefficient (Wildman–Crippen LogP) is 1.18. The Balaban J connectivity index is 0. The van der Waals surface area contributed by atoms with Crippen molar-refractivity contribution in [2.24, 2.45) is 0 Å². The van der Waals surface area contributed by atoms with Crippen molar-refractivity contribution in [1.82, 2.24) is 0 Å². The average molecular weight is 113 g/mol. The van der Waals surface area contributed by atoms with E-state index in [1.54, 1.807) is 0 Å². The van der Waals surface area contributed by atoms with Gasteiger partial charge in [0, 0.05) is 15.0 Å². The van der Waals surface area contributed by atoms with E-state index in [-0.39, 0.29) is 8.41 Å². The molecule has 0 aliphatic rings. The lowest BCUT2D eigenvalue weighted by Gasteiger charge is -1.90. The Kier molecular flexibility index (Phi) is 13.8. The lowest BCUT2D eigenvalue weighted by atomic mass is 10.2. The van der Waals surface area contributed by atoms with E-state index in [1.807, 2.05) is 0 Å². The van der Waals surface area contributed by atoms with Gasteiger partial charge in [-0.25, -0.2) is 0 Å². The smallest absolute Gasteiger partial charge is 0.0431 e. The van der Waals surface area contributed by atoms with Gasteiger partial charge in [-0.2, -0.15) is 0 Å². The summed E-state index contributed by atoms with van der Waals surface area (Å²) in [6.07, 6.45) is 4.68. The van der Waals surface area contributed by atoms with Crippen molar-refractivity contribution in [3.05, 3.63) is 0 Å². The highest BCUT2D eigenvalue weighted by molar-refractivity contribution is 5.75. The molecule has 2 heteroatoms. The van der Waals surface area contributed by atoms with Crippen LogP contribution in [0.1, 0.15) is 32.6 Å². The molecule has 0 aromatic rings. The molecule has 0 unspecified atom stereocenters. The SMILES string of the molecule is CCCCCCO.[B]. The minimum Gasteiger partial charge on any atom is -0.396 e. The standard InChI is InChI=1S/C6H14O.B/c1-2-3-4-5-6-7;/h7H,2-6H2,1H3;. The molecule has 0 atom stereocenters. The summed E-state index contributed by atoms with van der Waals surface area (Å²) in [4.78, 5) is 0. The zero-order valence-corrected chi connectivity index (χ0v) is 5.56. The van der Waals surface area contributed by atoms with E-state index in [2.05, 4.69) is 6.92 Å². The van der Waals surface area contributed by atoms with Crippen molar-refractivity contribution in [2.45, 2.75) is 32.6 Å². The van der Waals surface area contributed by atoms with Gasteiger partial charge in [0.2, 0.25) is 0 Å². The summed E-state index contributed by atoms with van der Waals surface area (Å²) < 4.78 is 0. The first-order valence-electron chi connectivity index (χ1n) is 3.02. The maximum absolute atomic E-state index is 8.29. The van der Waals surface area contributed by atoms with Gasteiger partial charge in [0.1, 0.15) is 0 Å². The molecule has 0 aliphatic heterocycles. The van der Waals surface area contributed by atoms with Crippen molar-refractivity contribution >= 4 is 8.41 Å². The van der Waals surface area contributed by atoms with Crippen LogP contribution in [0.2, 0.25) is 0 Å². The van der Waals surface area contributed by atoms with E-state index in [0.29, 0.717) is 6.61 Å². The third-order valence-corrected chi connectivity index (χ3v) is 1.01. The quantitative estimate of drug-likeness (QED) is 0.428. The molecule has 0 saturated carbocycles. The summed E-state index contributed by atoms with van der Waals surface area (Å²) in [5, 5.41) is 8.29. The van der Waals surface area contributed by atoms with Gasteiger partial charge in [0.15, 0.2) is 0 Å². The topological polar surface area (TPSA) is 20.2 Å². The van der Waals surface area contributed by atoms with Crippen molar-refractivity contribution in [2.75, 3.05) is 6.61 Å². The molecular formula is C6H14BO. The van der Waals surface area contributed by atoms with Gasteiger partial charge in [-0.1, -0.05) is 26.2 Å². The Morgan fingerprint density at radius 1 is 1.12 bits per heavy atom. The van der Waals surface area contributed by atoms with E-state index >= 15 is 0 Å². The molecule has 0 spiro atoms. The highest BCUT2D eigenvalue weighted by atomic mass is 16.2. The van der Waals surface area contributed by atoms with Gasteiger partial charge in [-0.15, -0.1) is 0 Å². The number of aliphatic hydroxyl groups is 1. The molecular weight excluding hydrogens is 98.9 g/mol. The van der Waals surface area contributed by atoms with Crippen LogP contribution in [0.25, 0.3) is 0 Å². The molecule has 0 rings (SSSR count). The normalized spacial score (nSPS) is 8.25. The Hall–Kier alpha value is 0.0249. The number of hydrogen-bond acceptors (Lipinski definition) is 1. The lowest BCUT2D eigenvalue weighted by Crippen LogP contribution is -1.80. The van der Waals surface area contributed by atoms with Crippen molar-refractivity contribution in [1.29, 1.82) is 0 Å². The van der Waals surface area contributed by atoms with Gasteiger partial charge in [-0.05, 0) is 6.42 Å². The highest BCUT2D eigenvalue weighted by Gasteiger charge is 1.80.